The molecule has 0 amide bonds. The molecule has 1 aromatic rings. The molecule has 100 valence electrons. The molecular formula is C16H24ClN. The van der Waals surface area contributed by atoms with Gasteiger partial charge < -0.3 is 5.32 Å². The van der Waals surface area contributed by atoms with Gasteiger partial charge in [-0.05, 0) is 55.3 Å². The number of nitrogens with one attached hydrogen (secondary N) is 1. The van der Waals surface area contributed by atoms with Gasteiger partial charge in [0.05, 0.1) is 0 Å². The van der Waals surface area contributed by atoms with E-state index in [1.165, 1.54) is 44.1 Å². The zero-order chi connectivity index (χ0) is 12.8. The van der Waals surface area contributed by atoms with Gasteiger partial charge in [0.15, 0.2) is 0 Å². The first kappa shape index (κ1) is 13.9. The Morgan fingerprint density at radius 1 is 1.28 bits per heavy atom. The van der Waals surface area contributed by atoms with Crippen molar-refractivity contribution in [1.82, 2.24) is 5.32 Å². The van der Waals surface area contributed by atoms with Crippen LogP contribution in [0.25, 0.3) is 0 Å². The summed E-state index contributed by atoms with van der Waals surface area (Å²) < 4.78 is 0. The molecule has 2 heteroatoms. The van der Waals surface area contributed by atoms with Crippen molar-refractivity contribution in [2.24, 2.45) is 5.41 Å². The summed E-state index contributed by atoms with van der Waals surface area (Å²) in [5.41, 5.74) is 1.86. The maximum Gasteiger partial charge on any atom is 0.0408 e. The van der Waals surface area contributed by atoms with Gasteiger partial charge >= 0.3 is 0 Å². The Morgan fingerprint density at radius 3 is 2.72 bits per heavy atom. The molecule has 0 atom stereocenters. The second-order valence-corrected chi connectivity index (χ2v) is 6.13. The lowest BCUT2D eigenvalue weighted by Crippen LogP contribution is -2.34. The smallest absolute Gasteiger partial charge is 0.0408 e. The Morgan fingerprint density at radius 2 is 2.06 bits per heavy atom. The van der Waals surface area contributed by atoms with Gasteiger partial charge in [-0.15, -0.1) is 0 Å². The van der Waals surface area contributed by atoms with Gasteiger partial charge in [0, 0.05) is 11.6 Å². The van der Waals surface area contributed by atoms with Crippen LogP contribution < -0.4 is 5.32 Å². The Balaban J connectivity index is 2.01. The van der Waals surface area contributed by atoms with Crippen molar-refractivity contribution in [2.75, 3.05) is 13.1 Å². The van der Waals surface area contributed by atoms with Crippen molar-refractivity contribution in [3.8, 4) is 0 Å². The van der Waals surface area contributed by atoms with Crippen LogP contribution in [0.15, 0.2) is 24.3 Å². The SMILES string of the molecule is CCCNCC1(Cc2cccc(Cl)c2)CCCC1. The van der Waals surface area contributed by atoms with Crippen LogP contribution in [0.2, 0.25) is 5.02 Å². The first-order valence-corrected chi connectivity index (χ1v) is 7.57. The van der Waals surface area contributed by atoms with E-state index in [1.807, 2.05) is 6.07 Å². The fraction of sp³-hybridized carbons (Fsp3) is 0.625. The highest BCUT2D eigenvalue weighted by atomic mass is 35.5. The van der Waals surface area contributed by atoms with Gasteiger partial charge in [-0.25, -0.2) is 0 Å². The Bertz CT molecular complexity index is 369. The fourth-order valence-corrected chi connectivity index (χ4v) is 3.36. The molecule has 0 unspecified atom stereocenters. The molecule has 0 spiro atoms. The van der Waals surface area contributed by atoms with Gasteiger partial charge in [0.2, 0.25) is 0 Å². The van der Waals surface area contributed by atoms with E-state index in [-0.39, 0.29) is 0 Å². The third kappa shape index (κ3) is 3.73. The molecule has 0 radical (unpaired) electrons. The number of halogens is 1. The lowest BCUT2D eigenvalue weighted by atomic mass is 9.80. The van der Waals surface area contributed by atoms with Gasteiger partial charge in [0.1, 0.15) is 0 Å². The lowest BCUT2D eigenvalue weighted by molar-refractivity contribution is 0.278. The summed E-state index contributed by atoms with van der Waals surface area (Å²) in [7, 11) is 0. The molecule has 0 bridgehead atoms. The molecule has 1 fully saturated rings. The molecule has 1 N–H and O–H groups in total. The first-order valence-electron chi connectivity index (χ1n) is 7.19. The van der Waals surface area contributed by atoms with Gasteiger partial charge in [-0.3, -0.25) is 0 Å². The van der Waals surface area contributed by atoms with Crippen LogP contribution in [0.3, 0.4) is 0 Å². The van der Waals surface area contributed by atoms with E-state index in [2.05, 4.69) is 30.4 Å². The van der Waals surface area contributed by atoms with Crippen molar-refractivity contribution in [1.29, 1.82) is 0 Å². The van der Waals surface area contributed by atoms with Crippen molar-refractivity contribution in [3.05, 3.63) is 34.9 Å². The van der Waals surface area contributed by atoms with E-state index in [0.717, 1.165) is 18.1 Å². The molecule has 1 aromatic carbocycles. The second-order valence-electron chi connectivity index (χ2n) is 5.69. The second kappa shape index (κ2) is 6.58. The molecule has 1 aliphatic rings. The third-order valence-electron chi connectivity index (χ3n) is 4.06. The van der Waals surface area contributed by atoms with Crippen LogP contribution in [-0.4, -0.2) is 13.1 Å². The van der Waals surface area contributed by atoms with E-state index < -0.39 is 0 Å². The van der Waals surface area contributed by atoms with Gasteiger partial charge in [-0.1, -0.05) is 43.5 Å². The summed E-state index contributed by atoms with van der Waals surface area (Å²) in [4.78, 5) is 0. The van der Waals surface area contributed by atoms with Gasteiger partial charge in [0.25, 0.3) is 0 Å². The predicted octanol–water partition coefficient (Wildman–Crippen LogP) is 4.44. The largest absolute Gasteiger partial charge is 0.316 e. The quantitative estimate of drug-likeness (QED) is 0.750. The first-order chi connectivity index (χ1) is 8.74. The summed E-state index contributed by atoms with van der Waals surface area (Å²) in [6, 6.07) is 8.37. The van der Waals surface area contributed by atoms with E-state index in [1.54, 1.807) is 0 Å². The normalized spacial score (nSPS) is 18.1. The van der Waals surface area contributed by atoms with Crippen LogP contribution in [0.4, 0.5) is 0 Å². The average Bonchev–Trinajstić information content (AvgIpc) is 2.78. The van der Waals surface area contributed by atoms with Crippen molar-refractivity contribution < 1.29 is 0 Å². The molecule has 2 rings (SSSR count). The maximum absolute atomic E-state index is 6.09. The molecule has 1 saturated carbocycles. The number of rotatable bonds is 6. The van der Waals surface area contributed by atoms with E-state index in [0.29, 0.717) is 5.41 Å². The minimum atomic E-state index is 0.472. The molecule has 0 aliphatic heterocycles. The van der Waals surface area contributed by atoms with Crippen molar-refractivity contribution in [3.63, 3.8) is 0 Å². The minimum Gasteiger partial charge on any atom is -0.316 e. The Labute approximate surface area is 116 Å². The van der Waals surface area contributed by atoms with Crippen molar-refractivity contribution >= 4 is 11.6 Å². The number of hydrogen-bond donors (Lipinski definition) is 1. The Hall–Kier alpha value is -0.530. The summed E-state index contributed by atoms with van der Waals surface area (Å²) in [6.07, 6.45) is 7.87. The van der Waals surface area contributed by atoms with E-state index in [9.17, 15) is 0 Å². The average molecular weight is 266 g/mol. The van der Waals surface area contributed by atoms with Crippen LogP contribution in [0, 0.1) is 5.41 Å². The lowest BCUT2D eigenvalue weighted by Gasteiger charge is -2.29. The highest BCUT2D eigenvalue weighted by Gasteiger charge is 2.33. The summed E-state index contributed by atoms with van der Waals surface area (Å²) >= 11 is 6.09. The zero-order valence-corrected chi connectivity index (χ0v) is 12.1. The fourth-order valence-electron chi connectivity index (χ4n) is 3.15. The highest BCUT2D eigenvalue weighted by Crippen LogP contribution is 2.40. The number of benzene rings is 1. The molecular weight excluding hydrogens is 242 g/mol. The minimum absolute atomic E-state index is 0.472. The number of hydrogen-bond acceptors (Lipinski definition) is 1. The van der Waals surface area contributed by atoms with Crippen molar-refractivity contribution in [2.45, 2.75) is 45.4 Å². The topological polar surface area (TPSA) is 12.0 Å². The summed E-state index contributed by atoms with van der Waals surface area (Å²) in [5.74, 6) is 0. The monoisotopic (exact) mass is 265 g/mol. The third-order valence-corrected chi connectivity index (χ3v) is 4.29. The summed E-state index contributed by atoms with van der Waals surface area (Å²) in [5, 5.41) is 4.48. The molecule has 1 aliphatic carbocycles. The molecule has 0 aromatic heterocycles. The standard InChI is InChI=1S/C16H24ClN/c1-2-10-18-13-16(8-3-4-9-16)12-14-6-5-7-15(17)11-14/h5-7,11,18H,2-4,8-10,12-13H2,1H3. The Kier molecular flexibility index (Phi) is 5.08. The van der Waals surface area contributed by atoms with Crippen LogP contribution in [0.5, 0.6) is 0 Å². The molecule has 0 saturated heterocycles. The van der Waals surface area contributed by atoms with Crippen LogP contribution in [0.1, 0.15) is 44.6 Å². The molecule has 0 heterocycles. The predicted molar refractivity (Wildman–Crippen MR) is 79.2 cm³/mol. The van der Waals surface area contributed by atoms with E-state index >= 15 is 0 Å². The highest BCUT2D eigenvalue weighted by molar-refractivity contribution is 6.30. The van der Waals surface area contributed by atoms with Gasteiger partial charge in [-0.2, -0.15) is 0 Å². The molecule has 18 heavy (non-hydrogen) atoms. The molecule has 1 nitrogen and oxygen atoms in total. The van der Waals surface area contributed by atoms with Crippen LogP contribution >= 0.6 is 11.6 Å². The maximum atomic E-state index is 6.09. The van der Waals surface area contributed by atoms with E-state index in [4.69, 9.17) is 11.6 Å². The summed E-state index contributed by atoms with van der Waals surface area (Å²) in [6.45, 7) is 4.52. The zero-order valence-electron chi connectivity index (χ0n) is 11.3. The van der Waals surface area contributed by atoms with Crippen LogP contribution in [-0.2, 0) is 6.42 Å².